The number of amides is 1. The zero-order valence-corrected chi connectivity index (χ0v) is 16.0. The van der Waals surface area contributed by atoms with Gasteiger partial charge in [-0.25, -0.2) is 4.98 Å². The van der Waals surface area contributed by atoms with Crippen LogP contribution >= 0.6 is 0 Å². The summed E-state index contributed by atoms with van der Waals surface area (Å²) in [7, 11) is 0. The van der Waals surface area contributed by atoms with E-state index in [1.807, 2.05) is 37.3 Å². The Balaban J connectivity index is 1.55. The summed E-state index contributed by atoms with van der Waals surface area (Å²) < 4.78 is 5.57. The summed E-state index contributed by atoms with van der Waals surface area (Å²) in [5, 5.41) is 3.05. The molecule has 6 nitrogen and oxygen atoms in total. The number of hydrogen-bond acceptors (Lipinski definition) is 4. The van der Waals surface area contributed by atoms with Crippen LogP contribution in [0.1, 0.15) is 43.3 Å². The van der Waals surface area contributed by atoms with Crippen molar-refractivity contribution in [2.45, 2.75) is 39.8 Å². The molecule has 1 atom stereocenters. The number of rotatable bonds is 8. The SMILES string of the molecule is Cc1cccc2[nH]c(COCC(=O)NC(CC(C)C)c3cccnc3)nc12. The van der Waals surface area contributed by atoms with E-state index in [1.54, 1.807) is 12.4 Å². The average Bonchev–Trinajstić information content (AvgIpc) is 3.06. The third-order valence-electron chi connectivity index (χ3n) is 4.36. The molecule has 2 heterocycles. The van der Waals surface area contributed by atoms with Crippen molar-refractivity contribution in [3.05, 3.63) is 59.7 Å². The van der Waals surface area contributed by atoms with E-state index in [0.717, 1.165) is 34.4 Å². The maximum absolute atomic E-state index is 12.3. The first-order valence-electron chi connectivity index (χ1n) is 9.24. The highest BCUT2D eigenvalue weighted by Crippen LogP contribution is 2.20. The molecule has 1 aromatic carbocycles. The molecule has 142 valence electrons. The van der Waals surface area contributed by atoms with Gasteiger partial charge >= 0.3 is 0 Å². The number of nitrogens with zero attached hydrogens (tertiary/aromatic N) is 2. The van der Waals surface area contributed by atoms with Gasteiger partial charge in [-0.3, -0.25) is 9.78 Å². The molecule has 1 unspecified atom stereocenters. The van der Waals surface area contributed by atoms with Crippen LogP contribution in [-0.2, 0) is 16.1 Å². The van der Waals surface area contributed by atoms with Gasteiger partial charge in [0, 0.05) is 12.4 Å². The van der Waals surface area contributed by atoms with E-state index in [1.165, 1.54) is 0 Å². The van der Waals surface area contributed by atoms with Gasteiger partial charge in [0.2, 0.25) is 5.91 Å². The molecule has 0 radical (unpaired) electrons. The van der Waals surface area contributed by atoms with E-state index in [9.17, 15) is 4.79 Å². The molecule has 0 aliphatic heterocycles. The van der Waals surface area contributed by atoms with E-state index in [4.69, 9.17) is 4.74 Å². The second-order valence-electron chi connectivity index (χ2n) is 7.18. The van der Waals surface area contributed by atoms with Gasteiger partial charge in [0.25, 0.3) is 0 Å². The van der Waals surface area contributed by atoms with Gasteiger partial charge in [-0.2, -0.15) is 0 Å². The van der Waals surface area contributed by atoms with Crippen molar-refractivity contribution in [2.24, 2.45) is 5.92 Å². The van der Waals surface area contributed by atoms with Crippen molar-refractivity contribution >= 4 is 16.9 Å². The van der Waals surface area contributed by atoms with Crippen LogP contribution in [0.4, 0.5) is 0 Å². The molecule has 0 saturated carbocycles. The Morgan fingerprint density at radius 2 is 2.11 bits per heavy atom. The van der Waals surface area contributed by atoms with Crippen molar-refractivity contribution in [2.75, 3.05) is 6.61 Å². The van der Waals surface area contributed by atoms with Gasteiger partial charge in [-0.05, 0) is 42.5 Å². The summed E-state index contributed by atoms with van der Waals surface area (Å²) in [4.78, 5) is 24.3. The monoisotopic (exact) mass is 366 g/mol. The van der Waals surface area contributed by atoms with E-state index in [-0.39, 0.29) is 25.2 Å². The van der Waals surface area contributed by atoms with E-state index in [2.05, 4.69) is 34.1 Å². The lowest BCUT2D eigenvalue weighted by molar-refractivity contribution is -0.127. The third-order valence-corrected chi connectivity index (χ3v) is 4.36. The number of fused-ring (bicyclic) bond motifs is 1. The van der Waals surface area contributed by atoms with Crippen molar-refractivity contribution in [3.8, 4) is 0 Å². The van der Waals surface area contributed by atoms with Crippen molar-refractivity contribution in [1.82, 2.24) is 20.3 Å². The van der Waals surface area contributed by atoms with Crippen LogP contribution in [0, 0.1) is 12.8 Å². The maximum Gasteiger partial charge on any atom is 0.246 e. The Morgan fingerprint density at radius 1 is 1.26 bits per heavy atom. The summed E-state index contributed by atoms with van der Waals surface area (Å²) in [6, 6.07) is 9.79. The van der Waals surface area contributed by atoms with Gasteiger partial charge in [0.15, 0.2) is 0 Å². The second-order valence-corrected chi connectivity index (χ2v) is 7.18. The molecule has 3 aromatic rings. The molecule has 0 bridgehead atoms. The van der Waals surface area contributed by atoms with Crippen LogP contribution in [0.15, 0.2) is 42.7 Å². The molecular weight excluding hydrogens is 340 g/mol. The summed E-state index contributed by atoms with van der Waals surface area (Å²) >= 11 is 0. The topological polar surface area (TPSA) is 79.9 Å². The molecule has 1 amide bonds. The number of H-pyrrole nitrogens is 1. The fourth-order valence-corrected chi connectivity index (χ4v) is 3.10. The quantitative estimate of drug-likeness (QED) is 0.637. The molecule has 2 N–H and O–H groups in total. The van der Waals surface area contributed by atoms with Crippen LogP contribution in [0.3, 0.4) is 0 Å². The van der Waals surface area contributed by atoms with Gasteiger partial charge in [-0.1, -0.05) is 32.0 Å². The predicted octanol–water partition coefficient (Wildman–Crippen LogP) is 3.69. The molecule has 0 fully saturated rings. The Bertz CT molecular complexity index is 890. The van der Waals surface area contributed by atoms with Crippen molar-refractivity contribution in [3.63, 3.8) is 0 Å². The second kappa shape index (κ2) is 8.77. The van der Waals surface area contributed by atoms with Crippen molar-refractivity contribution < 1.29 is 9.53 Å². The highest BCUT2D eigenvalue weighted by molar-refractivity contribution is 5.78. The number of aromatic amines is 1. The lowest BCUT2D eigenvalue weighted by Gasteiger charge is -2.20. The number of aryl methyl sites for hydroxylation is 1. The maximum atomic E-state index is 12.3. The van der Waals surface area contributed by atoms with Crippen LogP contribution in [0.2, 0.25) is 0 Å². The standard InChI is InChI=1S/C21H26N4O2/c1-14(2)10-18(16-7-5-9-22-11-16)24-20(26)13-27-12-19-23-17-8-4-6-15(3)21(17)25-19/h4-9,11,14,18H,10,12-13H2,1-3H3,(H,23,25)(H,24,26). The molecule has 6 heteroatoms. The highest BCUT2D eigenvalue weighted by Gasteiger charge is 2.16. The molecule has 0 saturated heterocycles. The Hall–Kier alpha value is -2.73. The lowest BCUT2D eigenvalue weighted by Crippen LogP contribution is -2.32. The predicted molar refractivity (Wildman–Crippen MR) is 105 cm³/mol. The first-order valence-corrected chi connectivity index (χ1v) is 9.24. The third kappa shape index (κ3) is 5.14. The number of carbonyl (C=O) groups is 1. The minimum absolute atomic E-state index is 0.00904. The number of ether oxygens (including phenoxy) is 1. The number of carbonyl (C=O) groups excluding carboxylic acids is 1. The summed E-state index contributed by atoms with van der Waals surface area (Å²) in [5.74, 6) is 1.03. The number of aromatic nitrogens is 3. The number of nitrogens with one attached hydrogen (secondary N) is 2. The smallest absolute Gasteiger partial charge is 0.246 e. The van der Waals surface area contributed by atoms with Crippen LogP contribution in [0.25, 0.3) is 11.0 Å². The molecule has 3 rings (SSSR count). The van der Waals surface area contributed by atoms with E-state index in [0.29, 0.717) is 5.92 Å². The largest absolute Gasteiger partial charge is 0.364 e. The number of para-hydroxylation sites is 1. The Labute approximate surface area is 159 Å². The van der Waals surface area contributed by atoms with Crippen molar-refractivity contribution in [1.29, 1.82) is 0 Å². The van der Waals surface area contributed by atoms with Crippen LogP contribution in [-0.4, -0.2) is 27.5 Å². The Kier molecular flexibility index (Phi) is 6.19. The normalized spacial score (nSPS) is 12.4. The molecule has 0 aliphatic rings. The fraction of sp³-hybridized carbons (Fsp3) is 0.381. The molecule has 2 aromatic heterocycles. The summed E-state index contributed by atoms with van der Waals surface area (Å²) in [6.45, 7) is 6.55. The van der Waals surface area contributed by atoms with Gasteiger partial charge in [0.05, 0.1) is 17.1 Å². The summed E-state index contributed by atoms with van der Waals surface area (Å²) in [5.41, 5.74) is 4.04. The molecule has 0 spiro atoms. The Morgan fingerprint density at radius 3 is 2.81 bits per heavy atom. The number of benzene rings is 1. The van der Waals surface area contributed by atoms with Crippen LogP contribution < -0.4 is 5.32 Å². The fourth-order valence-electron chi connectivity index (χ4n) is 3.10. The van der Waals surface area contributed by atoms with Gasteiger partial charge in [-0.15, -0.1) is 0 Å². The average molecular weight is 366 g/mol. The van der Waals surface area contributed by atoms with Crippen LogP contribution in [0.5, 0.6) is 0 Å². The van der Waals surface area contributed by atoms with E-state index >= 15 is 0 Å². The number of imidazole rings is 1. The van der Waals surface area contributed by atoms with Gasteiger partial charge < -0.3 is 15.0 Å². The van der Waals surface area contributed by atoms with Gasteiger partial charge in [0.1, 0.15) is 19.0 Å². The highest BCUT2D eigenvalue weighted by atomic mass is 16.5. The molecule has 27 heavy (non-hydrogen) atoms. The minimum atomic E-state index is -0.142. The summed E-state index contributed by atoms with van der Waals surface area (Å²) in [6.07, 6.45) is 4.38. The first-order chi connectivity index (χ1) is 13.0. The number of hydrogen-bond donors (Lipinski definition) is 2. The van der Waals surface area contributed by atoms with E-state index < -0.39 is 0 Å². The lowest BCUT2D eigenvalue weighted by atomic mass is 9.98. The minimum Gasteiger partial charge on any atom is -0.364 e. The number of pyridine rings is 1. The molecular formula is C21H26N4O2. The zero-order chi connectivity index (χ0) is 19.2. The zero-order valence-electron chi connectivity index (χ0n) is 16.0. The first kappa shape index (κ1) is 19.0. The molecule has 0 aliphatic carbocycles.